The lowest BCUT2D eigenvalue weighted by Gasteiger charge is -2.36. The Balaban J connectivity index is 0.000000183. The Labute approximate surface area is 271 Å². The Morgan fingerprint density at radius 3 is 2.00 bits per heavy atom. The minimum atomic E-state index is 0.221. The van der Waals surface area contributed by atoms with E-state index in [1.807, 2.05) is 0 Å². The fraction of sp³-hybridized carbons (Fsp3) is 0.692. The number of rotatable bonds is 3. The van der Waals surface area contributed by atoms with Gasteiger partial charge in [-0.3, -0.25) is 14.5 Å². The molecule has 2 aromatic rings. The number of nitrogens with zero attached hydrogens (tertiary/aromatic N) is 4. The molecular formula is C39H56N4O2. The number of aromatic nitrogens is 2. The van der Waals surface area contributed by atoms with Gasteiger partial charge in [-0.05, 0) is 89.9 Å². The summed E-state index contributed by atoms with van der Waals surface area (Å²) < 4.78 is 4.88. The van der Waals surface area contributed by atoms with Gasteiger partial charge in [0.2, 0.25) is 0 Å². The van der Waals surface area contributed by atoms with Gasteiger partial charge in [-0.15, -0.1) is 0 Å². The van der Waals surface area contributed by atoms with Crippen LogP contribution in [0.5, 0.6) is 0 Å². The van der Waals surface area contributed by atoms with Crippen LogP contribution in [0.2, 0.25) is 0 Å². The van der Waals surface area contributed by atoms with Gasteiger partial charge in [0.15, 0.2) is 0 Å². The minimum Gasteiger partial charge on any atom is -0.346 e. The average Bonchev–Trinajstić information content (AvgIpc) is 3.72. The van der Waals surface area contributed by atoms with Gasteiger partial charge in [0, 0.05) is 62.1 Å². The Kier molecular flexibility index (Phi) is 7.21. The van der Waals surface area contributed by atoms with Crippen molar-refractivity contribution in [1.82, 2.24) is 18.9 Å². The van der Waals surface area contributed by atoms with Crippen molar-refractivity contribution in [3.05, 3.63) is 57.7 Å². The first-order valence-corrected chi connectivity index (χ1v) is 17.7. The summed E-state index contributed by atoms with van der Waals surface area (Å²) in [5, 5.41) is 0. The van der Waals surface area contributed by atoms with Gasteiger partial charge in [0.05, 0.1) is 6.67 Å². The van der Waals surface area contributed by atoms with Gasteiger partial charge in [0.1, 0.15) is 11.5 Å². The monoisotopic (exact) mass is 612 g/mol. The molecule has 4 heterocycles. The maximum atomic E-state index is 13.3. The topological polar surface area (TPSA) is 50.5 Å². The number of hydrogen-bond donors (Lipinski definition) is 0. The second kappa shape index (κ2) is 10.5. The Morgan fingerprint density at radius 2 is 1.38 bits per heavy atom. The molecule has 1 saturated carbocycles. The first kappa shape index (κ1) is 31.0. The van der Waals surface area contributed by atoms with Crippen molar-refractivity contribution < 1.29 is 9.59 Å². The van der Waals surface area contributed by atoms with Gasteiger partial charge >= 0.3 is 0 Å². The molecule has 0 N–H and O–H groups in total. The zero-order chi connectivity index (χ0) is 32.1. The van der Waals surface area contributed by atoms with Crippen molar-refractivity contribution in [2.24, 2.45) is 27.6 Å². The van der Waals surface area contributed by atoms with E-state index in [2.05, 4.69) is 92.5 Å². The van der Waals surface area contributed by atoms with E-state index < -0.39 is 0 Å². The number of hydrogen-bond acceptors (Lipinski definition) is 3. The number of amides is 1. The summed E-state index contributed by atoms with van der Waals surface area (Å²) in [4.78, 5) is 29.7. The highest BCUT2D eigenvalue weighted by molar-refractivity contribution is 5.94. The molecule has 8 rings (SSSR count). The Hall–Kier alpha value is -2.60. The van der Waals surface area contributed by atoms with Crippen LogP contribution in [-0.4, -0.2) is 50.4 Å². The van der Waals surface area contributed by atoms with Crippen molar-refractivity contribution in [2.75, 3.05) is 19.8 Å². The Morgan fingerprint density at radius 1 is 0.733 bits per heavy atom. The number of Topliss-reactive ketones (excluding diaryl/α,β-unsaturated/α-hetero) is 1. The molecule has 1 amide bonds. The summed E-state index contributed by atoms with van der Waals surface area (Å²) in [6.45, 7) is 24.0. The van der Waals surface area contributed by atoms with Crippen LogP contribution in [0.15, 0.2) is 23.8 Å². The number of allylic oxidation sites excluding steroid dienone is 2. The summed E-state index contributed by atoms with van der Waals surface area (Å²) in [6, 6.07) is 4.62. The quantitative estimate of drug-likeness (QED) is 0.345. The highest BCUT2D eigenvalue weighted by Crippen LogP contribution is 2.47. The average molecular weight is 613 g/mol. The molecular weight excluding hydrogens is 556 g/mol. The molecule has 0 bridgehead atoms. The summed E-state index contributed by atoms with van der Waals surface area (Å²) in [5.41, 5.74) is 11.0. The van der Waals surface area contributed by atoms with Gasteiger partial charge in [-0.25, -0.2) is 0 Å². The van der Waals surface area contributed by atoms with Crippen molar-refractivity contribution in [1.29, 1.82) is 0 Å². The normalized spacial score (nSPS) is 27.1. The lowest BCUT2D eigenvalue weighted by Crippen LogP contribution is -2.48. The molecule has 0 saturated heterocycles. The third kappa shape index (κ3) is 5.90. The molecule has 1 atom stereocenters. The number of fused-ring (bicyclic) bond motifs is 6. The van der Waals surface area contributed by atoms with Crippen LogP contribution in [0.25, 0.3) is 0 Å². The summed E-state index contributed by atoms with van der Waals surface area (Å²) in [7, 11) is 0. The molecule has 6 aliphatic rings. The van der Waals surface area contributed by atoms with Crippen LogP contribution in [0.4, 0.5) is 0 Å². The van der Waals surface area contributed by atoms with E-state index in [4.69, 9.17) is 0 Å². The number of ketones is 1. The van der Waals surface area contributed by atoms with Gasteiger partial charge in [0.25, 0.3) is 5.91 Å². The van der Waals surface area contributed by atoms with Crippen LogP contribution in [0, 0.1) is 27.6 Å². The fourth-order valence-electron chi connectivity index (χ4n) is 9.57. The van der Waals surface area contributed by atoms with Gasteiger partial charge in [-0.1, -0.05) is 67.0 Å². The molecule has 45 heavy (non-hydrogen) atoms. The first-order chi connectivity index (χ1) is 21.0. The maximum Gasteiger partial charge on any atom is 0.271 e. The lowest BCUT2D eigenvalue weighted by molar-refractivity contribution is -0.120. The fourth-order valence-corrected chi connectivity index (χ4v) is 9.57. The standard InChI is InChI=1S/C25H34N4O.C14H22O/c1-24(2)11-17-9-19-15-26(5-7-28(19)21(17)13-24)16-27-6-8-29-20(23(27)30)10-18-12-25(3,4)14-22(18)29;1-13(2)6-5-10(7-13)11-8-14(3,4)9-12(11)15/h9-10H,5-8,11-16H2,1-4H3;7,11H,5-6,8-9H2,1-4H3. The van der Waals surface area contributed by atoms with Gasteiger partial charge < -0.3 is 14.0 Å². The predicted octanol–water partition coefficient (Wildman–Crippen LogP) is 7.21. The van der Waals surface area contributed by atoms with Crippen molar-refractivity contribution in [3.63, 3.8) is 0 Å². The van der Waals surface area contributed by atoms with E-state index in [1.54, 1.807) is 11.3 Å². The molecule has 0 spiro atoms. The van der Waals surface area contributed by atoms with E-state index in [9.17, 15) is 9.59 Å². The van der Waals surface area contributed by atoms with Crippen molar-refractivity contribution in [3.8, 4) is 0 Å². The number of carbonyl (C=O) groups is 2. The van der Waals surface area contributed by atoms with E-state index in [0.29, 0.717) is 22.0 Å². The second-order valence-corrected chi connectivity index (χ2v) is 18.5. The molecule has 1 unspecified atom stereocenters. The van der Waals surface area contributed by atoms with Crippen LogP contribution >= 0.6 is 0 Å². The molecule has 2 aromatic heterocycles. The van der Waals surface area contributed by atoms with E-state index in [-0.39, 0.29) is 17.2 Å². The van der Waals surface area contributed by atoms with E-state index in [0.717, 1.165) is 77.2 Å². The third-order valence-electron chi connectivity index (χ3n) is 11.7. The zero-order valence-electron chi connectivity index (χ0n) is 29.3. The summed E-state index contributed by atoms with van der Waals surface area (Å²) in [5.74, 6) is 0.949. The largest absolute Gasteiger partial charge is 0.346 e. The SMILES string of the molecule is CC1(C)C=C(C2CC(C)(C)CC2=O)CC1.CC1(C)Cc2cc3n(c2C1)CCN(CN1CCn2c(cc4c2CC(C)(C)C4)C1=O)C3. The third-order valence-corrected chi connectivity index (χ3v) is 11.7. The van der Waals surface area contributed by atoms with Crippen molar-refractivity contribution in [2.45, 2.75) is 126 Å². The van der Waals surface area contributed by atoms with Crippen LogP contribution < -0.4 is 0 Å². The van der Waals surface area contributed by atoms with Gasteiger partial charge in [-0.2, -0.15) is 0 Å². The molecule has 0 aromatic carbocycles. The predicted molar refractivity (Wildman–Crippen MR) is 180 cm³/mol. The Bertz CT molecular complexity index is 1580. The van der Waals surface area contributed by atoms with E-state index >= 15 is 0 Å². The van der Waals surface area contributed by atoms with Crippen molar-refractivity contribution >= 4 is 11.7 Å². The van der Waals surface area contributed by atoms with Crippen LogP contribution in [-0.2, 0) is 50.1 Å². The van der Waals surface area contributed by atoms with Crippen LogP contribution in [0.1, 0.15) is 120 Å². The maximum absolute atomic E-state index is 13.3. The molecule has 2 aliphatic heterocycles. The number of carbonyl (C=O) groups excluding carboxylic acids is 2. The van der Waals surface area contributed by atoms with Crippen LogP contribution in [0.3, 0.4) is 0 Å². The summed E-state index contributed by atoms with van der Waals surface area (Å²) in [6.07, 6.45) is 11.1. The molecule has 0 radical (unpaired) electrons. The molecule has 6 nitrogen and oxygen atoms in total. The second-order valence-electron chi connectivity index (χ2n) is 18.5. The minimum absolute atomic E-state index is 0.221. The first-order valence-electron chi connectivity index (χ1n) is 17.7. The molecule has 6 heteroatoms. The smallest absolute Gasteiger partial charge is 0.271 e. The molecule has 244 valence electrons. The highest BCUT2D eigenvalue weighted by atomic mass is 16.2. The highest BCUT2D eigenvalue weighted by Gasteiger charge is 2.42. The molecule has 1 fully saturated rings. The lowest BCUT2D eigenvalue weighted by atomic mass is 9.88. The zero-order valence-corrected chi connectivity index (χ0v) is 29.3. The summed E-state index contributed by atoms with van der Waals surface area (Å²) >= 11 is 0. The van der Waals surface area contributed by atoms with E-state index in [1.165, 1.54) is 41.8 Å². The molecule has 4 aliphatic carbocycles.